The topological polar surface area (TPSA) is 128 Å². The van der Waals surface area contributed by atoms with Gasteiger partial charge in [-0.05, 0) is 57.4 Å². The third-order valence-electron chi connectivity index (χ3n) is 5.96. The van der Waals surface area contributed by atoms with Crippen LogP contribution in [0.4, 0.5) is 13.2 Å². The van der Waals surface area contributed by atoms with Crippen molar-refractivity contribution in [2.24, 2.45) is 5.73 Å². The molecule has 2 amide bonds. The van der Waals surface area contributed by atoms with Crippen molar-refractivity contribution < 1.29 is 41.8 Å². The summed E-state index contributed by atoms with van der Waals surface area (Å²) in [5, 5.41) is 1.76. The van der Waals surface area contributed by atoms with Crippen LogP contribution in [0.5, 0.6) is 0 Å². The number of hydrogen-bond donors (Lipinski definition) is 2. The number of carbonyl (C=O) groups excluding carboxylic acids is 4. The summed E-state index contributed by atoms with van der Waals surface area (Å²) in [4.78, 5) is 50.4. The van der Waals surface area contributed by atoms with Crippen LogP contribution >= 0.6 is 0 Å². The standard InChI is InChI=1S/C25H34F3N3O6/c1-2-36-23(34)20(14-13-17-9-4-3-5-10-17)37-22(33)19-12-8-16-31(19)21(32)18(29)11-6-7-15-30-24(35)25(26,27)28/h3-5,9-10,18-20H,2,6-8,11-16,29H2,1H3,(H,30,35)/t18?,19?,20-/m0/s1. The van der Waals surface area contributed by atoms with Crippen molar-refractivity contribution in [3.63, 3.8) is 0 Å². The first-order chi connectivity index (χ1) is 17.5. The van der Waals surface area contributed by atoms with Crippen LogP contribution in [-0.2, 0) is 35.1 Å². The van der Waals surface area contributed by atoms with Gasteiger partial charge >= 0.3 is 24.0 Å². The highest BCUT2D eigenvalue weighted by molar-refractivity contribution is 5.89. The van der Waals surface area contributed by atoms with E-state index in [1.165, 1.54) is 4.90 Å². The number of rotatable bonds is 13. The molecule has 0 spiro atoms. The highest BCUT2D eigenvalue weighted by atomic mass is 19.4. The maximum atomic E-state index is 13.0. The van der Waals surface area contributed by atoms with Crippen molar-refractivity contribution in [3.8, 4) is 0 Å². The Bertz CT molecular complexity index is 913. The van der Waals surface area contributed by atoms with Gasteiger partial charge in [0.15, 0.2) is 6.10 Å². The molecule has 206 valence electrons. The Kier molecular flexibility index (Phi) is 11.8. The highest BCUT2D eigenvalue weighted by Crippen LogP contribution is 2.22. The van der Waals surface area contributed by atoms with Crippen LogP contribution < -0.4 is 11.1 Å². The minimum absolute atomic E-state index is 0.126. The third-order valence-corrected chi connectivity index (χ3v) is 5.96. The molecule has 0 aromatic heterocycles. The van der Waals surface area contributed by atoms with E-state index in [0.717, 1.165) is 5.56 Å². The summed E-state index contributed by atoms with van der Waals surface area (Å²) in [5.74, 6) is -3.86. The summed E-state index contributed by atoms with van der Waals surface area (Å²) in [6, 6.07) is 7.54. The van der Waals surface area contributed by atoms with Gasteiger partial charge in [-0.2, -0.15) is 13.2 Å². The van der Waals surface area contributed by atoms with Gasteiger partial charge in [0, 0.05) is 13.1 Å². The SMILES string of the molecule is CCOC(=O)[C@H](CCc1ccccc1)OC(=O)C1CCCN1C(=O)C(N)CCCCNC(=O)C(F)(F)F. The second-order valence-electron chi connectivity index (χ2n) is 8.75. The lowest BCUT2D eigenvalue weighted by atomic mass is 10.1. The van der Waals surface area contributed by atoms with Crippen LogP contribution in [0.25, 0.3) is 0 Å². The number of esters is 2. The molecule has 12 heteroatoms. The Morgan fingerprint density at radius 2 is 1.84 bits per heavy atom. The van der Waals surface area contributed by atoms with Crippen LogP contribution in [-0.4, -0.2) is 72.7 Å². The number of carbonyl (C=O) groups is 4. The van der Waals surface area contributed by atoms with E-state index in [2.05, 4.69) is 0 Å². The van der Waals surface area contributed by atoms with Gasteiger partial charge in [-0.25, -0.2) is 9.59 Å². The molecule has 0 saturated carbocycles. The molecule has 3 atom stereocenters. The van der Waals surface area contributed by atoms with E-state index < -0.39 is 48.1 Å². The average Bonchev–Trinajstić information content (AvgIpc) is 3.35. The Balaban J connectivity index is 1.88. The van der Waals surface area contributed by atoms with Crippen molar-refractivity contribution in [1.29, 1.82) is 0 Å². The second kappa shape index (κ2) is 14.6. The number of likely N-dealkylation sites (tertiary alicyclic amines) is 1. The lowest BCUT2D eigenvalue weighted by Gasteiger charge is -2.27. The fourth-order valence-electron chi connectivity index (χ4n) is 4.02. The van der Waals surface area contributed by atoms with E-state index in [1.54, 1.807) is 12.2 Å². The maximum Gasteiger partial charge on any atom is 0.471 e. The van der Waals surface area contributed by atoms with Crippen LogP contribution in [0.3, 0.4) is 0 Å². The summed E-state index contributed by atoms with van der Waals surface area (Å²) in [7, 11) is 0. The first kappa shape index (κ1) is 30.1. The van der Waals surface area contributed by atoms with Crippen LogP contribution in [0.15, 0.2) is 30.3 Å². The zero-order valence-electron chi connectivity index (χ0n) is 20.8. The van der Waals surface area contributed by atoms with Crippen LogP contribution in [0.2, 0.25) is 0 Å². The van der Waals surface area contributed by atoms with Gasteiger partial charge in [0.05, 0.1) is 12.6 Å². The van der Waals surface area contributed by atoms with Crippen molar-refractivity contribution in [1.82, 2.24) is 10.2 Å². The van der Waals surface area contributed by atoms with Crippen molar-refractivity contribution in [2.75, 3.05) is 19.7 Å². The predicted molar refractivity (Wildman–Crippen MR) is 127 cm³/mol. The van der Waals surface area contributed by atoms with E-state index in [9.17, 15) is 32.3 Å². The van der Waals surface area contributed by atoms with E-state index in [-0.39, 0.29) is 32.4 Å². The van der Waals surface area contributed by atoms with Crippen LogP contribution in [0, 0.1) is 0 Å². The quantitative estimate of drug-likeness (QED) is 0.296. The van der Waals surface area contributed by atoms with Gasteiger partial charge in [0.25, 0.3) is 0 Å². The summed E-state index contributed by atoms with van der Waals surface area (Å²) in [6.07, 6.45) is -3.77. The Labute approximate surface area is 213 Å². The number of halogens is 3. The van der Waals surface area contributed by atoms with Crippen molar-refractivity contribution in [3.05, 3.63) is 35.9 Å². The van der Waals surface area contributed by atoms with E-state index in [4.69, 9.17) is 15.2 Å². The molecule has 9 nitrogen and oxygen atoms in total. The Morgan fingerprint density at radius 1 is 1.14 bits per heavy atom. The fraction of sp³-hybridized carbons (Fsp3) is 0.600. The number of nitrogens with one attached hydrogen (secondary N) is 1. The lowest BCUT2D eigenvalue weighted by Crippen LogP contribution is -2.49. The largest absolute Gasteiger partial charge is 0.471 e. The van der Waals surface area contributed by atoms with E-state index >= 15 is 0 Å². The molecule has 2 unspecified atom stereocenters. The number of nitrogens with two attached hydrogens (primary N) is 1. The maximum absolute atomic E-state index is 13.0. The molecular weight excluding hydrogens is 495 g/mol. The molecule has 1 saturated heterocycles. The van der Waals surface area contributed by atoms with E-state index in [1.807, 2.05) is 30.3 Å². The van der Waals surface area contributed by atoms with Crippen molar-refractivity contribution >= 4 is 23.8 Å². The number of benzene rings is 1. The van der Waals surface area contributed by atoms with Gasteiger partial charge in [0.1, 0.15) is 6.04 Å². The third kappa shape index (κ3) is 9.67. The summed E-state index contributed by atoms with van der Waals surface area (Å²) in [6.45, 7) is 1.87. The first-order valence-electron chi connectivity index (χ1n) is 12.4. The van der Waals surface area contributed by atoms with Crippen LogP contribution in [0.1, 0.15) is 51.0 Å². The molecule has 0 aliphatic carbocycles. The summed E-state index contributed by atoms with van der Waals surface area (Å²) >= 11 is 0. The minimum Gasteiger partial charge on any atom is -0.463 e. The van der Waals surface area contributed by atoms with Crippen molar-refractivity contribution in [2.45, 2.75) is 76.2 Å². The molecule has 0 radical (unpaired) electrons. The first-order valence-corrected chi connectivity index (χ1v) is 12.4. The molecule has 1 fully saturated rings. The summed E-state index contributed by atoms with van der Waals surface area (Å²) in [5.41, 5.74) is 6.95. The number of aryl methyl sites for hydroxylation is 1. The number of amides is 2. The Morgan fingerprint density at radius 3 is 2.49 bits per heavy atom. The van der Waals surface area contributed by atoms with Gasteiger partial charge < -0.3 is 25.4 Å². The highest BCUT2D eigenvalue weighted by Gasteiger charge is 2.39. The average molecular weight is 530 g/mol. The van der Waals surface area contributed by atoms with Gasteiger partial charge in [0.2, 0.25) is 5.91 Å². The molecule has 2 rings (SSSR count). The number of alkyl halides is 3. The molecule has 1 aliphatic heterocycles. The molecule has 1 aliphatic rings. The zero-order chi connectivity index (χ0) is 27.4. The zero-order valence-corrected chi connectivity index (χ0v) is 20.8. The normalized spacial score (nSPS) is 17.1. The minimum atomic E-state index is -4.94. The van der Waals surface area contributed by atoms with Gasteiger partial charge in [-0.1, -0.05) is 30.3 Å². The smallest absolute Gasteiger partial charge is 0.463 e. The number of hydrogen-bond acceptors (Lipinski definition) is 7. The Hall–Kier alpha value is -3.15. The predicted octanol–water partition coefficient (Wildman–Crippen LogP) is 2.26. The molecule has 37 heavy (non-hydrogen) atoms. The fourth-order valence-corrected chi connectivity index (χ4v) is 4.02. The molecular formula is C25H34F3N3O6. The second-order valence-corrected chi connectivity index (χ2v) is 8.75. The monoisotopic (exact) mass is 529 g/mol. The summed E-state index contributed by atoms with van der Waals surface area (Å²) < 4.78 is 47.2. The number of ether oxygens (including phenoxy) is 2. The molecule has 0 bridgehead atoms. The van der Waals surface area contributed by atoms with Gasteiger partial charge in [-0.3, -0.25) is 9.59 Å². The molecule has 3 N–H and O–H groups in total. The number of nitrogens with zero attached hydrogens (tertiary/aromatic N) is 1. The molecule has 1 aromatic rings. The number of unbranched alkanes of at least 4 members (excludes halogenated alkanes) is 1. The molecule has 1 heterocycles. The van der Waals surface area contributed by atoms with E-state index in [0.29, 0.717) is 32.2 Å². The molecule has 1 aromatic carbocycles. The van der Waals surface area contributed by atoms with Gasteiger partial charge in [-0.15, -0.1) is 0 Å². The lowest BCUT2D eigenvalue weighted by molar-refractivity contribution is -0.173.